The average Bonchev–Trinajstić information content (AvgIpc) is 2.62. The topological polar surface area (TPSA) is 123 Å². The number of rotatable bonds is 8. The predicted octanol–water partition coefficient (Wildman–Crippen LogP) is 2.54. The summed E-state index contributed by atoms with van der Waals surface area (Å²) in [6.45, 7) is 3.57. The van der Waals surface area contributed by atoms with Gasteiger partial charge in [0, 0.05) is 17.7 Å². The second-order valence-electron chi connectivity index (χ2n) is 5.46. The summed E-state index contributed by atoms with van der Waals surface area (Å²) in [6.07, 6.45) is 1.26. The van der Waals surface area contributed by atoms with Gasteiger partial charge in [-0.25, -0.2) is 5.43 Å². The number of carbonyl (C=O) groups is 1. The quantitative estimate of drug-likeness (QED) is 0.416. The molecule has 0 fully saturated rings. The van der Waals surface area contributed by atoms with Crippen molar-refractivity contribution in [3.8, 4) is 17.2 Å². The number of aromatic hydroxyl groups is 1. The van der Waals surface area contributed by atoms with Gasteiger partial charge in [0.1, 0.15) is 11.5 Å². The first kappa shape index (κ1) is 19.7. The molecule has 9 heteroatoms. The summed E-state index contributed by atoms with van der Waals surface area (Å²) in [7, 11) is 0. The maximum Gasteiger partial charge on any atom is 0.311 e. The summed E-state index contributed by atoms with van der Waals surface area (Å²) in [4.78, 5) is 22.2. The van der Waals surface area contributed by atoms with E-state index in [1.807, 2.05) is 6.92 Å². The molecule has 0 saturated carbocycles. The highest BCUT2D eigenvalue weighted by Crippen LogP contribution is 2.27. The standard InChI is InChI=1S/C18H19N3O6/c1-3-26-14-6-5-13(16(22)9-14)10-19-20-18(23)11-27-17-7-4-12(2)8-15(17)21(24)25/h4-10,22H,3,11H2,1-2H3,(H,20,23). The number of phenolic OH excluding ortho intramolecular Hbond substituents is 1. The van der Waals surface area contributed by atoms with Crippen molar-refractivity contribution in [1.29, 1.82) is 0 Å². The van der Waals surface area contributed by atoms with E-state index in [-0.39, 0.29) is 17.2 Å². The predicted molar refractivity (Wildman–Crippen MR) is 98.3 cm³/mol. The molecular formula is C18H19N3O6. The third-order valence-electron chi connectivity index (χ3n) is 3.38. The molecule has 2 rings (SSSR count). The van der Waals surface area contributed by atoms with E-state index < -0.39 is 17.4 Å². The fraction of sp³-hybridized carbons (Fsp3) is 0.222. The molecule has 0 saturated heterocycles. The van der Waals surface area contributed by atoms with Crippen molar-refractivity contribution in [2.45, 2.75) is 13.8 Å². The molecule has 0 aliphatic heterocycles. The van der Waals surface area contributed by atoms with Crippen LogP contribution in [-0.2, 0) is 4.79 Å². The minimum absolute atomic E-state index is 0.00566. The average molecular weight is 373 g/mol. The van der Waals surface area contributed by atoms with Gasteiger partial charge in [0.2, 0.25) is 0 Å². The minimum Gasteiger partial charge on any atom is -0.507 e. The first-order valence-corrected chi connectivity index (χ1v) is 8.06. The Bertz CT molecular complexity index is 866. The number of nitrogens with zero attached hydrogens (tertiary/aromatic N) is 2. The zero-order valence-electron chi connectivity index (χ0n) is 14.8. The van der Waals surface area contributed by atoms with Gasteiger partial charge in [0.25, 0.3) is 5.91 Å². The lowest BCUT2D eigenvalue weighted by molar-refractivity contribution is -0.385. The fourth-order valence-electron chi connectivity index (χ4n) is 2.13. The summed E-state index contributed by atoms with van der Waals surface area (Å²) in [5.41, 5.74) is 3.09. The smallest absolute Gasteiger partial charge is 0.311 e. The molecule has 0 bridgehead atoms. The monoisotopic (exact) mass is 373 g/mol. The zero-order chi connectivity index (χ0) is 19.8. The Balaban J connectivity index is 1.92. The number of benzene rings is 2. The van der Waals surface area contributed by atoms with Gasteiger partial charge in [0.15, 0.2) is 12.4 Å². The van der Waals surface area contributed by atoms with E-state index in [2.05, 4.69) is 10.5 Å². The number of nitrogens with one attached hydrogen (secondary N) is 1. The van der Waals surface area contributed by atoms with Gasteiger partial charge in [0.05, 0.1) is 17.7 Å². The number of hydrogen-bond donors (Lipinski definition) is 2. The number of hydrogen-bond acceptors (Lipinski definition) is 7. The molecule has 0 heterocycles. The Morgan fingerprint density at radius 2 is 2.07 bits per heavy atom. The Morgan fingerprint density at radius 3 is 2.74 bits per heavy atom. The minimum atomic E-state index is -0.605. The van der Waals surface area contributed by atoms with Crippen LogP contribution in [0.3, 0.4) is 0 Å². The van der Waals surface area contributed by atoms with Crippen LogP contribution in [0.5, 0.6) is 17.2 Å². The highest BCUT2D eigenvalue weighted by molar-refractivity contribution is 5.85. The van der Waals surface area contributed by atoms with Crippen molar-refractivity contribution < 1.29 is 24.3 Å². The van der Waals surface area contributed by atoms with E-state index >= 15 is 0 Å². The molecule has 0 atom stereocenters. The number of amides is 1. The number of phenols is 1. The lowest BCUT2D eigenvalue weighted by Gasteiger charge is -2.06. The third kappa shape index (κ3) is 5.70. The van der Waals surface area contributed by atoms with Gasteiger partial charge in [-0.3, -0.25) is 14.9 Å². The van der Waals surface area contributed by atoms with Crippen LogP contribution >= 0.6 is 0 Å². The van der Waals surface area contributed by atoms with E-state index in [1.54, 1.807) is 25.1 Å². The van der Waals surface area contributed by atoms with Crippen LogP contribution < -0.4 is 14.9 Å². The van der Waals surface area contributed by atoms with Crippen molar-refractivity contribution in [3.05, 3.63) is 57.6 Å². The van der Waals surface area contributed by atoms with Crippen LogP contribution in [-0.4, -0.2) is 35.4 Å². The molecule has 2 aromatic carbocycles. The number of hydrazone groups is 1. The second kappa shape index (κ2) is 9.18. The number of aryl methyl sites for hydroxylation is 1. The van der Waals surface area contributed by atoms with E-state index in [1.165, 1.54) is 24.4 Å². The van der Waals surface area contributed by atoms with Gasteiger partial charge in [-0.05, 0) is 37.6 Å². The number of ether oxygens (including phenoxy) is 2. The summed E-state index contributed by atoms with van der Waals surface area (Å²) in [5.74, 6) is -0.143. The van der Waals surface area contributed by atoms with Crippen molar-refractivity contribution in [2.24, 2.45) is 5.10 Å². The Kier molecular flexibility index (Phi) is 6.70. The molecule has 27 heavy (non-hydrogen) atoms. The molecule has 0 spiro atoms. The number of carbonyl (C=O) groups excluding carboxylic acids is 1. The summed E-state index contributed by atoms with van der Waals surface area (Å²) >= 11 is 0. The molecule has 0 aliphatic carbocycles. The highest BCUT2D eigenvalue weighted by atomic mass is 16.6. The normalized spacial score (nSPS) is 10.6. The number of nitro groups is 1. The highest BCUT2D eigenvalue weighted by Gasteiger charge is 2.16. The van der Waals surface area contributed by atoms with E-state index in [4.69, 9.17) is 9.47 Å². The summed E-state index contributed by atoms with van der Waals surface area (Å²) in [6, 6.07) is 9.12. The van der Waals surface area contributed by atoms with E-state index in [9.17, 15) is 20.0 Å². The molecule has 1 amide bonds. The van der Waals surface area contributed by atoms with Gasteiger partial charge in [-0.15, -0.1) is 0 Å². The molecule has 2 aromatic rings. The maximum atomic E-state index is 11.8. The molecule has 0 unspecified atom stereocenters. The van der Waals surface area contributed by atoms with Crippen molar-refractivity contribution in [3.63, 3.8) is 0 Å². The first-order chi connectivity index (χ1) is 12.9. The van der Waals surface area contributed by atoms with Gasteiger partial charge in [-0.2, -0.15) is 5.10 Å². The third-order valence-corrected chi connectivity index (χ3v) is 3.38. The summed E-state index contributed by atoms with van der Waals surface area (Å²) < 4.78 is 10.4. The van der Waals surface area contributed by atoms with Crippen LogP contribution in [0.1, 0.15) is 18.1 Å². The molecular weight excluding hydrogens is 354 g/mol. The largest absolute Gasteiger partial charge is 0.507 e. The summed E-state index contributed by atoms with van der Waals surface area (Å²) in [5, 5.41) is 24.6. The first-order valence-electron chi connectivity index (χ1n) is 8.06. The lowest BCUT2D eigenvalue weighted by Crippen LogP contribution is -2.24. The van der Waals surface area contributed by atoms with Crippen LogP contribution in [0.25, 0.3) is 0 Å². The van der Waals surface area contributed by atoms with Crippen LogP contribution in [0.2, 0.25) is 0 Å². The van der Waals surface area contributed by atoms with Crippen LogP contribution in [0.4, 0.5) is 5.69 Å². The van der Waals surface area contributed by atoms with Crippen molar-refractivity contribution in [1.82, 2.24) is 5.43 Å². The molecule has 0 aromatic heterocycles. The van der Waals surface area contributed by atoms with E-state index in [0.717, 1.165) is 0 Å². The van der Waals surface area contributed by atoms with Gasteiger partial charge in [-0.1, -0.05) is 6.07 Å². The van der Waals surface area contributed by atoms with Crippen LogP contribution in [0, 0.1) is 17.0 Å². The molecule has 142 valence electrons. The molecule has 2 N–H and O–H groups in total. The van der Waals surface area contributed by atoms with E-state index in [0.29, 0.717) is 23.5 Å². The zero-order valence-corrected chi connectivity index (χ0v) is 14.8. The Labute approximate surface area is 155 Å². The second-order valence-corrected chi connectivity index (χ2v) is 5.46. The Hall–Kier alpha value is -3.62. The van der Waals surface area contributed by atoms with Gasteiger partial charge >= 0.3 is 5.69 Å². The van der Waals surface area contributed by atoms with Gasteiger partial charge < -0.3 is 14.6 Å². The maximum absolute atomic E-state index is 11.8. The van der Waals surface area contributed by atoms with Crippen LogP contribution in [0.15, 0.2) is 41.5 Å². The molecule has 0 radical (unpaired) electrons. The lowest BCUT2D eigenvalue weighted by atomic mass is 10.2. The van der Waals surface area contributed by atoms with Crippen molar-refractivity contribution >= 4 is 17.8 Å². The molecule has 0 aliphatic rings. The Morgan fingerprint density at radius 1 is 1.30 bits per heavy atom. The SMILES string of the molecule is CCOc1ccc(C=NNC(=O)COc2ccc(C)cc2[N+](=O)[O-])c(O)c1. The fourth-order valence-corrected chi connectivity index (χ4v) is 2.13. The molecule has 9 nitrogen and oxygen atoms in total. The van der Waals surface area contributed by atoms with Crippen molar-refractivity contribution in [2.75, 3.05) is 13.2 Å². The number of nitro benzene ring substituents is 1.